The highest BCUT2D eigenvalue weighted by Crippen LogP contribution is 2.37. The molecule has 0 aliphatic heterocycles. The summed E-state index contributed by atoms with van der Waals surface area (Å²) in [5.41, 5.74) is 0.827. The minimum absolute atomic E-state index is 0.0710. The highest BCUT2D eigenvalue weighted by atomic mass is 19.4. The second-order valence-corrected chi connectivity index (χ2v) is 5.56. The molecule has 1 heterocycles. The van der Waals surface area contributed by atoms with Gasteiger partial charge in [-0.05, 0) is 48.4 Å². The molecule has 25 heavy (non-hydrogen) atoms. The van der Waals surface area contributed by atoms with Crippen LogP contribution in [0.15, 0.2) is 40.8 Å². The Morgan fingerprint density at radius 2 is 1.80 bits per heavy atom. The number of carbonyl (C=O) groups excluding carboxylic acids is 1. The lowest BCUT2D eigenvalue weighted by molar-refractivity contribution is -0.134. The van der Waals surface area contributed by atoms with E-state index in [1.165, 1.54) is 36.4 Å². The second-order valence-electron chi connectivity index (χ2n) is 5.56. The predicted octanol–water partition coefficient (Wildman–Crippen LogP) is 5.25. The van der Waals surface area contributed by atoms with Crippen molar-refractivity contribution < 1.29 is 31.9 Å². The lowest BCUT2D eigenvalue weighted by Crippen LogP contribution is -2.08. The summed E-state index contributed by atoms with van der Waals surface area (Å²) in [6.45, 7) is 0. The average Bonchev–Trinajstić information content (AvgIpc) is 2.90. The van der Waals surface area contributed by atoms with E-state index in [-0.39, 0.29) is 33.6 Å². The Morgan fingerprint density at radius 3 is 2.40 bits per heavy atom. The molecular formula is C18H12F4O3. The lowest BCUT2D eigenvalue weighted by Gasteiger charge is -2.07. The molecule has 0 unspecified atom stereocenters. The first-order valence-corrected chi connectivity index (χ1v) is 7.35. The number of aryl methyl sites for hydroxylation is 1. The van der Waals surface area contributed by atoms with Crippen molar-refractivity contribution in [3.8, 4) is 17.1 Å². The van der Waals surface area contributed by atoms with Gasteiger partial charge in [0, 0.05) is 17.4 Å². The largest absolute Gasteiger partial charge is 0.508 e. The van der Waals surface area contributed by atoms with Crippen molar-refractivity contribution in [3.63, 3.8) is 0 Å². The van der Waals surface area contributed by atoms with E-state index < -0.39 is 24.8 Å². The van der Waals surface area contributed by atoms with Gasteiger partial charge in [-0.1, -0.05) is 0 Å². The maximum atomic E-state index is 13.1. The molecule has 7 heteroatoms. The number of carbonyl (C=O) groups is 1. The number of halogens is 4. The van der Waals surface area contributed by atoms with Crippen LogP contribution in [0.4, 0.5) is 17.6 Å². The summed E-state index contributed by atoms with van der Waals surface area (Å²) in [7, 11) is 0. The first-order valence-electron chi connectivity index (χ1n) is 7.35. The molecule has 0 saturated carbocycles. The van der Waals surface area contributed by atoms with Crippen LogP contribution in [0.2, 0.25) is 0 Å². The first kappa shape index (κ1) is 17.0. The van der Waals surface area contributed by atoms with Gasteiger partial charge in [-0.15, -0.1) is 0 Å². The van der Waals surface area contributed by atoms with Crippen LogP contribution >= 0.6 is 0 Å². The van der Waals surface area contributed by atoms with Crippen molar-refractivity contribution in [2.45, 2.75) is 19.0 Å². The molecule has 0 aliphatic carbocycles. The Hall–Kier alpha value is -2.83. The number of phenolic OH excluding ortho intramolecular Hbond substituents is 1. The number of hydrogen-bond donors (Lipinski definition) is 1. The van der Waals surface area contributed by atoms with E-state index >= 15 is 0 Å². The molecule has 0 fully saturated rings. The van der Waals surface area contributed by atoms with Crippen LogP contribution in [0.1, 0.15) is 22.3 Å². The molecule has 3 nitrogen and oxygen atoms in total. The summed E-state index contributed by atoms with van der Waals surface area (Å²) >= 11 is 0. The Labute approximate surface area is 139 Å². The molecule has 0 atom stereocenters. The summed E-state index contributed by atoms with van der Waals surface area (Å²) in [5.74, 6) is -0.636. The maximum absolute atomic E-state index is 13.1. The van der Waals surface area contributed by atoms with Crippen molar-refractivity contribution in [2.24, 2.45) is 0 Å². The topological polar surface area (TPSA) is 50.4 Å². The summed E-state index contributed by atoms with van der Waals surface area (Å²) in [5, 5.41) is 10.2. The molecule has 0 saturated heterocycles. The quantitative estimate of drug-likeness (QED) is 0.515. The fourth-order valence-electron chi connectivity index (χ4n) is 2.60. The second kappa shape index (κ2) is 6.23. The lowest BCUT2D eigenvalue weighted by atomic mass is 10.0. The number of alkyl halides is 3. The minimum atomic E-state index is -4.35. The molecule has 0 bridgehead atoms. The van der Waals surface area contributed by atoms with Gasteiger partial charge in [0.1, 0.15) is 22.9 Å². The molecule has 0 spiro atoms. The number of rotatable bonds is 4. The van der Waals surface area contributed by atoms with Gasteiger partial charge in [0.2, 0.25) is 0 Å². The molecule has 0 radical (unpaired) electrons. The van der Waals surface area contributed by atoms with Crippen molar-refractivity contribution in [2.75, 3.05) is 0 Å². The summed E-state index contributed by atoms with van der Waals surface area (Å²) in [6, 6.07) is 7.74. The van der Waals surface area contributed by atoms with Crippen LogP contribution in [0.25, 0.3) is 22.3 Å². The number of phenols is 1. The number of fused-ring (bicyclic) bond motifs is 1. The van der Waals surface area contributed by atoms with E-state index in [1.807, 2.05) is 0 Å². The SMILES string of the molecule is O=Cc1c(-c2ccc(F)cc2)oc2cc(CCC(F)(F)F)c(O)cc12. The molecule has 2 aromatic carbocycles. The highest BCUT2D eigenvalue weighted by molar-refractivity contribution is 6.03. The molecule has 0 amide bonds. The van der Waals surface area contributed by atoms with Crippen LogP contribution in [-0.4, -0.2) is 17.6 Å². The van der Waals surface area contributed by atoms with Crippen molar-refractivity contribution in [3.05, 3.63) is 53.3 Å². The Kier molecular flexibility index (Phi) is 4.24. The number of aromatic hydroxyl groups is 1. The summed E-state index contributed by atoms with van der Waals surface area (Å²) in [4.78, 5) is 11.4. The van der Waals surface area contributed by atoms with Gasteiger partial charge in [0.25, 0.3) is 0 Å². The number of hydrogen-bond acceptors (Lipinski definition) is 3. The molecular weight excluding hydrogens is 340 g/mol. The van der Waals surface area contributed by atoms with Crippen molar-refractivity contribution >= 4 is 17.3 Å². The van der Waals surface area contributed by atoms with Crippen molar-refractivity contribution in [1.82, 2.24) is 0 Å². The zero-order chi connectivity index (χ0) is 18.2. The molecule has 0 aliphatic rings. The van der Waals surface area contributed by atoms with Gasteiger partial charge >= 0.3 is 6.18 Å². The van der Waals surface area contributed by atoms with Gasteiger partial charge in [-0.2, -0.15) is 13.2 Å². The van der Waals surface area contributed by atoms with Gasteiger partial charge in [0.05, 0.1) is 5.56 Å². The van der Waals surface area contributed by atoms with Gasteiger partial charge in [-0.25, -0.2) is 4.39 Å². The number of aldehydes is 1. The fourth-order valence-corrected chi connectivity index (χ4v) is 2.60. The average molecular weight is 352 g/mol. The smallest absolute Gasteiger partial charge is 0.389 e. The van der Waals surface area contributed by atoms with Gasteiger partial charge < -0.3 is 9.52 Å². The molecule has 1 aromatic heterocycles. The minimum Gasteiger partial charge on any atom is -0.508 e. The van der Waals surface area contributed by atoms with Gasteiger partial charge in [0.15, 0.2) is 6.29 Å². The van der Waals surface area contributed by atoms with E-state index in [9.17, 15) is 27.5 Å². The maximum Gasteiger partial charge on any atom is 0.389 e. The Bertz CT molecular complexity index is 924. The van der Waals surface area contributed by atoms with E-state index in [0.717, 1.165) is 0 Å². The van der Waals surface area contributed by atoms with E-state index in [2.05, 4.69) is 0 Å². The standard InChI is InChI=1S/C18H12F4O3/c19-12-3-1-10(2-4-12)17-14(9-23)13-8-15(24)11(7-16(13)25-17)5-6-18(20,21)22/h1-4,7-9,24H,5-6H2. The third-order valence-corrected chi connectivity index (χ3v) is 3.83. The van der Waals surface area contributed by atoms with Crippen LogP contribution in [-0.2, 0) is 6.42 Å². The number of furan rings is 1. The third kappa shape index (κ3) is 3.50. The van der Waals surface area contributed by atoms with Crippen molar-refractivity contribution in [1.29, 1.82) is 0 Å². The zero-order valence-electron chi connectivity index (χ0n) is 12.7. The number of benzene rings is 2. The van der Waals surface area contributed by atoms with E-state index in [4.69, 9.17) is 4.42 Å². The van der Waals surface area contributed by atoms with Gasteiger partial charge in [-0.3, -0.25) is 4.79 Å². The van der Waals surface area contributed by atoms with E-state index in [0.29, 0.717) is 11.8 Å². The van der Waals surface area contributed by atoms with Crippen LogP contribution in [0, 0.1) is 5.82 Å². The summed E-state index contributed by atoms with van der Waals surface area (Å²) < 4.78 is 55.8. The third-order valence-electron chi connectivity index (χ3n) is 3.83. The van der Waals surface area contributed by atoms with E-state index in [1.54, 1.807) is 0 Å². The zero-order valence-corrected chi connectivity index (χ0v) is 12.7. The molecule has 1 N–H and O–H groups in total. The molecule has 3 aromatic rings. The Balaban J connectivity index is 2.08. The van der Waals surface area contributed by atoms with Crippen LogP contribution in [0.3, 0.4) is 0 Å². The normalized spacial score (nSPS) is 11.8. The predicted molar refractivity (Wildman–Crippen MR) is 83.0 cm³/mol. The first-order chi connectivity index (χ1) is 11.8. The van der Waals surface area contributed by atoms with Crippen LogP contribution in [0.5, 0.6) is 5.75 Å². The fraction of sp³-hybridized carbons (Fsp3) is 0.167. The highest BCUT2D eigenvalue weighted by Gasteiger charge is 2.27. The summed E-state index contributed by atoms with van der Waals surface area (Å²) in [6.07, 6.45) is -5.32. The monoisotopic (exact) mass is 352 g/mol. The molecule has 130 valence electrons. The molecule has 3 rings (SSSR count). The Morgan fingerprint density at radius 1 is 1.12 bits per heavy atom. The van der Waals surface area contributed by atoms with Crippen LogP contribution < -0.4 is 0 Å².